The van der Waals surface area contributed by atoms with Crippen LogP contribution in [0.25, 0.3) is 5.52 Å². The molecule has 2 aromatic heterocycles. The summed E-state index contributed by atoms with van der Waals surface area (Å²) in [5, 5.41) is 10.4. The molecular weight excluding hydrogens is 316 g/mol. The number of hydrogen-bond acceptors (Lipinski definition) is 3. The first-order valence-electron chi connectivity index (χ1n) is 8.30. The van der Waals surface area contributed by atoms with E-state index >= 15 is 0 Å². The lowest BCUT2D eigenvalue weighted by Crippen LogP contribution is -2.24. The Bertz CT molecular complexity index is 985. The van der Waals surface area contributed by atoms with Crippen LogP contribution in [0.4, 0.5) is 0 Å². The molecule has 4 rings (SSSR count). The van der Waals surface area contributed by atoms with Gasteiger partial charge in [0.2, 0.25) is 0 Å². The number of benzene rings is 1. The Morgan fingerprint density at radius 2 is 1.84 bits per heavy atom. The van der Waals surface area contributed by atoms with Gasteiger partial charge in [0.05, 0.1) is 11.1 Å². The number of amides is 1. The number of rotatable bonds is 5. The maximum absolute atomic E-state index is 12.5. The SMILES string of the molecule is NC(=O)C(=O)c1c(C2CC2)c(Cc2ccccc2)n2cccc(O)c12. The number of ketones is 1. The maximum atomic E-state index is 12.5. The minimum atomic E-state index is -0.996. The van der Waals surface area contributed by atoms with Crippen LogP contribution < -0.4 is 5.73 Å². The van der Waals surface area contributed by atoms with Gasteiger partial charge in [-0.2, -0.15) is 0 Å². The molecule has 1 fully saturated rings. The predicted octanol–water partition coefficient (Wildman–Crippen LogP) is 2.78. The average Bonchev–Trinajstić information content (AvgIpc) is 3.39. The highest BCUT2D eigenvalue weighted by Crippen LogP contribution is 2.47. The summed E-state index contributed by atoms with van der Waals surface area (Å²) in [6, 6.07) is 13.2. The molecule has 25 heavy (non-hydrogen) atoms. The third kappa shape index (κ3) is 2.58. The number of aromatic nitrogens is 1. The van der Waals surface area contributed by atoms with Crippen LogP contribution in [0.3, 0.4) is 0 Å². The van der Waals surface area contributed by atoms with Gasteiger partial charge in [0.15, 0.2) is 0 Å². The molecule has 1 saturated carbocycles. The summed E-state index contributed by atoms with van der Waals surface area (Å²) in [5.41, 5.74) is 8.81. The van der Waals surface area contributed by atoms with Crippen LogP contribution in [0, 0.1) is 0 Å². The molecule has 0 saturated heterocycles. The molecule has 1 aliphatic carbocycles. The fraction of sp³-hybridized carbons (Fsp3) is 0.200. The number of fused-ring (bicyclic) bond motifs is 1. The summed E-state index contributed by atoms with van der Waals surface area (Å²) in [4.78, 5) is 24.1. The Morgan fingerprint density at radius 3 is 2.48 bits per heavy atom. The second kappa shape index (κ2) is 5.77. The fourth-order valence-corrected chi connectivity index (χ4v) is 3.51. The molecule has 1 aromatic carbocycles. The van der Waals surface area contributed by atoms with E-state index in [0.29, 0.717) is 11.9 Å². The third-order valence-electron chi connectivity index (χ3n) is 4.73. The van der Waals surface area contributed by atoms with E-state index in [9.17, 15) is 14.7 Å². The highest BCUT2D eigenvalue weighted by atomic mass is 16.3. The van der Waals surface area contributed by atoms with Crippen LogP contribution in [0.5, 0.6) is 5.75 Å². The molecule has 1 aliphatic rings. The molecule has 0 unspecified atom stereocenters. The minimum Gasteiger partial charge on any atom is -0.506 e. The van der Waals surface area contributed by atoms with Crippen molar-refractivity contribution in [3.05, 3.63) is 71.0 Å². The molecular formula is C20H18N2O3. The quantitative estimate of drug-likeness (QED) is 0.556. The van der Waals surface area contributed by atoms with E-state index in [1.54, 1.807) is 6.07 Å². The van der Waals surface area contributed by atoms with Gasteiger partial charge in [-0.3, -0.25) is 9.59 Å². The van der Waals surface area contributed by atoms with E-state index in [2.05, 4.69) is 0 Å². The Hall–Kier alpha value is -3.08. The largest absolute Gasteiger partial charge is 0.506 e. The number of hydrogen-bond donors (Lipinski definition) is 2. The standard InChI is InChI=1S/C20H18N2O3/c21-20(25)19(24)17-16(13-8-9-13)14(11-12-5-2-1-3-6-12)22-10-4-7-15(23)18(17)22/h1-7,10,13,23H,8-9,11H2,(H2,21,25). The molecule has 0 atom stereocenters. The van der Waals surface area contributed by atoms with Crippen molar-refractivity contribution in [2.24, 2.45) is 5.73 Å². The zero-order valence-corrected chi connectivity index (χ0v) is 13.6. The van der Waals surface area contributed by atoms with Crippen molar-refractivity contribution in [3.63, 3.8) is 0 Å². The molecule has 3 N–H and O–H groups in total. The van der Waals surface area contributed by atoms with E-state index in [0.717, 1.165) is 29.7 Å². The van der Waals surface area contributed by atoms with Gasteiger partial charge in [-0.25, -0.2) is 0 Å². The summed E-state index contributed by atoms with van der Waals surface area (Å²) >= 11 is 0. The van der Waals surface area contributed by atoms with Crippen LogP contribution in [0.2, 0.25) is 0 Å². The number of nitrogens with two attached hydrogens (primary N) is 1. The molecule has 5 heteroatoms. The molecule has 2 heterocycles. The number of aromatic hydroxyl groups is 1. The van der Waals surface area contributed by atoms with E-state index in [-0.39, 0.29) is 17.2 Å². The molecule has 0 spiro atoms. The zero-order chi connectivity index (χ0) is 17.6. The van der Waals surface area contributed by atoms with Gasteiger partial charge in [0.1, 0.15) is 5.75 Å². The topological polar surface area (TPSA) is 84.8 Å². The van der Waals surface area contributed by atoms with Crippen molar-refractivity contribution < 1.29 is 14.7 Å². The van der Waals surface area contributed by atoms with Gasteiger partial charge >= 0.3 is 0 Å². The van der Waals surface area contributed by atoms with Crippen molar-refractivity contribution in [3.8, 4) is 5.75 Å². The van der Waals surface area contributed by atoms with Crippen LogP contribution in [0.15, 0.2) is 48.7 Å². The summed E-state index contributed by atoms with van der Waals surface area (Å²) < 4.78 is 1.83. The van der Waals surface area contributed by atoms with Crippen molar-refractivity contribution in [1.29, 1.82) is 0 Å². The third-order valence-corrected chi connectivity index (χ3v) is 4.73. The number of Topliss-reactive ketones (excluding diaryl/α,β-unsaturated/α-hetero) is 1. The average molecular weight is 334 g/mol. The smallest absolute Gasteiger partial charge is 0.289 e. The van der Waals surface area contributed by atoms with Crippen molar-refractivity contribution in [1.82, 2.24) is 4.40 Å². The monoisotopic (exact) mass is 334 g/mol. The first-order valence-corrected chi connectivity index (χ1v) is 8.30. The second-order valence-corrected chi connectivity index (χ2v) is 6.48. The molecule has 126 valence electrons. The second-order valence-electron chi connectivity index (χ2n) is 6.48. The lowest BCUT2D eigenvalue weighted by atomic mass is 9.97. The van der Waals surface area contributed by atoms with Crippen molar-refractivity contribution in [2.45, 2.75) is 25.2 Å². The van der Waals surface area contributed by atoms with Crippen molar-refractivity contribution >= 4 is 17.2 Å². The van der Waals surface area contributed by atoms with Gasteiger partial charge in [-0.05, 0) is 42.0 Å². The van der Waals surface area contributed by atoms with Gasteiger partial charge in [-0.15, -0.1) is 0 Å². The number of pyridine rings is 1. The Morgan fingerprint density at radius 1 is 1.12 bits per heavy atom. The minimum absolute atomic E-state index is 0.0201. The lowest BCUT2D eigenvalue weighted by molar-refractivity contribution is -0.114. The fourth-order valence-electron chi connectivity index (χ4n) is 3.51. The van der Waals surface area contributed by atoms with Crippen molar-refractivity contribution in [2.75, 3.05) is 0 Å². The lowest BCUT2D eigenvalue weighted by Gasteiger charge is -2.07. The van der Waals surface area contributed by atoms with Gasteiger partial charge in [0.25, 0.3) is 11.7 Å². The van der Waals surface area contributed by atoms with Crippen LogP contribution >= 0.6 is 0 Å². The van der Waals surface area contributed by atoms with E-state index in [4.69, 9.17) is 5.73 Å². The van der Waals surface area contributed by atoms with E-state index < -0.39 is 11.7 Å². The van der Waals surface area contributed by atoms with Gasteiger partial charge < -0.3 is 15.2 Å². The molecule has 1 amide bonds. The summed E-state index contributed by atoms with van der Waals surface area (Å²) in [6.45, 7) is 0. The number of carbonyl (C=O) groups excluding carboxylic acids is 2. The summed E-state index contributed by atoms with van der Waals surface area (Å²) in [6.07, 6.45) is 4.37. The van der Waals surface area contributed by atoms with Crippen LogP contribution in [0.1, 0.15) is 45.9 Å². The van der Waals surface area contributed by atoms with E-state index in [1.165, 1.54) is 6.07 Å². The zero-order valence-electron chi connectivity index (χ0n) is 13.6. The Kier molecular flexibility index (Phi) is 3.57. The molecule has 3 aromatic rings. The normalized spacial score (nSPS) is 13.9. The Labute approximate surface area is 144 Å². The molecule has 0 radical (unpaired) electrons. The van der Waals surface area contributed by atoms with Gasteiger partial charge in [-0.1, -0.05) is 30.3 Å². The van der Waals surface area contributed by atoms with Gasteiger partial charge in [0, 0.05) is 18.3 Å². The first kappa shape index (κ1) is 15.4. The Balaban J connectivity index is 2.01. The van der Waals surface area contributed by atoms with E-state index in [1.807, 2.05) is 40.9 Å². The first-order chi connectivity index (χ1) is 12.1. The highest BCUT2D eigenvalue weighted by molar-refractivity contribution is 6.44. The molecule has 5 nitrogen and oxygen atoms in total. The number of carbonyl (C=O) groups is 2. The molecule has 0 aliphatic heterocycles. The number of primary amides is 1. The van der Waals surface area contributed by atoms with Crippen LogP contribution in [-0.2, 0) is 11.2 Å². The summed E-state index contributed by atoms with van der Waals surface area (Å²) in [7, 11) is 0. The highest BCUT2D eigenvalue weighted by Gasteiger charge is 2.36. The predicted molar refractivity (Wildman–Crippen MR) is 93.8 cm³/mol. The summed E-state index contributed by atoms with van der Waals surface area (Å²) in [5.74, 6) is -1.52. The number of nitrogens with zero attached hydrogens (tertiary/aromatic N) is 1. The molecule has 0 bridgehead atoms. The maximum Gasteiger partial charge on any atom is 0.289 e. The van der Waals surface area contributed by atoms with Crippen LogP contribution in [-0.4, -0.2) is 21.2 Å².